The minimum Gasteiger partial charge on any atom is -0.374 e. The molecule has 1 aliphatic heterocycles. The average molecular weight is 216 g/mol. The molecule has 2 heteroatoms. The van der Waals surface area contributed by atoms with Crippen LogP contribution in [0.5, 0.6) is 0 Å². The predicted octanol–water partition coefficient (Wildman–Crippen LogP) is 2.06. The topological polar surface area (TPSA) is 29.3 Å². The quantitative estimate of drug-likeness (QED) is 0.820. The molecule has 2 N–H and O–H groups in total. The smallest absolute Gasteiger partial charge is 0.0397 e. The van der Waals surface area contributed by atoms with E-state index in [0.717, 1.165) is 6.54 Å². The highest BCUT2D eigenvalue weighted by Gasteiger charge is 2.47. The zero-order valence-electron chi connectivity index (χ0n) is 10.2. The molecule has 1 fully saturated rings. The van der Waals surface area contributed by atoms with Gasteiger partial charge in [-0.2, -0.15) is 0 Å². The molecule has 3 rings (SSSR count). The van der Waals surface area contributed by atoms with Gasteiger partial charge < -0.3 is 10.6 Å². The van der Waals surface area contributed by atoms with Crippen LogP contribution in [-0.2, 0) is 11.8 Å². The monoisotopic (exact) mass is 216 g/mol. The largest absolute Gasteiger partial charge is 0.374 e. The molecule has 86 valence electrons. The lowest BCUT2D eigenvalue weighted by atomic mass is 9.88. The Bertz CT molecular complexity index is 419. The molecule has 1 saturated carbocycles. The van der Waals surface area contributed by atoms with E-state index in [1.54, 1.807) is 0 Å². The zero-order valence-corrected chi connectivity index (χ0v) is 10.2. The number of nitrogens with two attached hydrogens (primary N) is 1. The summed E-state index contributed by atoms with van der Waals surface area (Å²) in [5.41, 5.74) is 10.8. The summed E-state index contributed by atoms with van der Waals surface area (Å²) in [5, 5.41) is 0. The van der Waals surface area contributed by atoms with Crippen LogP contribution >= 0.6 is 0 Å². The zero-order chi connectivity index (χ0) is 11.3. The summed E-state index contributed by atoms with van der Waals surface area (Å²) in [4.78, 5) is 2.34. The highest BCUT2D eigenvalue weighted by atomic mass is 15.1. The van der Waals surface area contributed by atoms with E-state index in [-0.39, 0.29) is 6.04 Å². The number of hydrogen-bond acceptors (Lipinski definition) is 2. The van der Waals surface area contributed by atoms with Gasteiger partial charge in [0.15, 0.2) is 0 Å². The second-order valence-electron chi connectivity index (χ2n) is 5.46. The van der Waals surface area contributed by atoms with Crippen molar-refractivity contribution in [3.05, 3.63) is 29.3 Å². The van der Waals surface area contributed by atoms with Gasteiger partial charge in [-0.05, 0) is 43.4 Å². The Labute approximate surface area is 97.4 Å². The van der Waals surface area contributed by atoms with E-state index in [0.29, 0.717) is 5.41 Å². The van der Waals surface area contributed by atoms with Crippen LogP contribution in [0.4, 0.5) is 5.69 Å². The lowest BCUT2D eigenvalue weighted by molar-refractivity contribution is 0.556. The first-order valence-electron chi connectivity index (χ1n) is 6.24. The van der Waals surface area contributed by atoms with Crippen molar-refractivity contribution >= 4 is 5.69 Å². The molecule has 1 aliphatic carbocycles. The van der Waals surface area contributed by atoms with Crippen molar-refractivity contribution in [3.63, 3.8) is 0 Å². The van der Waals surface area contributed by atoms with E-state index in [1.165, 1.54) is 36.1 Å². The molecule has 0 aromatic heterocycles. The maximum absolute atomic E-state index is 6.13. The van der Waals surface area contributed by atoms with Crippen LogP contribution in [0.3, 0.4) is 0 Å². The number of nitrogens with zero attached hydrogens (tertiary/aromatic N) is 1. The summed E-state index contributed by atoms with van der Waals surface area (Å²) in [6.45, 7) is 3.30. The van der Waals surface area contributed by atoms with Gasteiger partial charge in [-0.3, -0.25) is 0 Å². The Morgan fingerprint density at radius 1 is 1.38 bits per heavy atom. The normalized spacial score (nSPS) is 23.1. The number of hydrogen-bond donors (Lipinski definition) is 1. The number of fused-ring (bicyclic) bond motifs is 1. The lowest BCUT2D eigenvalue weighted by Crippen LogP contribution is -2.31. The standard InChI is InChI=1S/C14H20N2/c1-10(15)14(6-7-14)12-3-4-13-11(9-12)5-8-16(13)2/h3-4,9-10H,5-8,15H2,1-2H3. The minimum absolute atomic E-state index is 0.282. The van der Waals surface area contributed by atoms with Crippen molar-refractivity contribution in [2.75, 3.05) is 18.5 Å². The SMILES string of the molecule is CC(N)C1(c2ccc3c(c2)CCN3C)CC1. The fourth-order valence-electron chi connectivity index (χ4n) is 3.02. The molecular formula is C14H20N2. The first-order chi connectivity index (χ1) is 7.63. The number of benzene rings is 1. The molecule has 1 heterocycles. The van der Waals surface area contributed by atoms with Crippen LogP contribution in [0.15, 0.2) is 18.2 Å². The Morgan fingerprint density at radius 2 is 2.12 bits per heavy atom. The molecule has 1 unspecified atom stereocenters. The molecule has 0 bridgehead atoms. The first-order valence-corrected chi connectivity index (χ1v) is 6.24. The third kappa shape index (κ3) is 1.29. The highest BCUT2D eigenvalue weighted by Crippen LogP contribution is 2.51. The third-order valence-electron chi connectivity index (χ3n) is 4.44. The molecule has 1 atom stereocenters. The third-order valence-corrected chi connectivity index (χ3v) is 4.44. The van der Waals surface area contributed by atoms with Crippen molar-refractivity contribution in [1.29, 1.82) is 0 Å². The van der Waals surface area contributed by atoms with Crippen LogP contribution < -0.4 is 10.6 Å². The maximum atomic E-state index is 6.13. The maximum Gasteiger partial charge on any atom is 0.0397 e. The van der Waals surface area contributed by atoms with Crippen molar-refractivity contribution in [2.24, 2.45) is 5.73 Å². The van der Waals surface area contributed by atoms with E-state index in [2.05, 4.69) is 37.1 Å². The fraction of sp³-hybridized carbons (Fsp3) is 0.571. The first kappa shape index (κ1) is 10.2. The molecule has 0 spiro atoms. The van der Waals surface area contributed by atoms with Gasteiger partial charge in [0.2, 0.25) is 0 Å². The Kier molecular flexibility index (Phi) is 2.05. The summed E-state index contributed by atoms with van der Waals surface area (Å²) in [5.74, 6) is 0. The van der Waals surface area contributed by atoms with Crippen LogP contribution in [0, 0.1) is 0 Å². The summed E-state index contributed by atoms with van der Waals surface area (Å²) < 4.78 is 0. The molecule has 1 aromatic carbocycles. The summed E-state index contributed by atoms with van der Waals surface area (Å²) in [7, 11) is 2.17. The summed E-state index contributed by atoms with van der Waals surface area (Å²) in [6.07, 6.45) is 3.72. The van der Waals surface area contributed by atoms with E-state index in [4.69, 9.17) is 5.73 Å². The van der Waals surface area contributed by atoms with E-state index in [1.807, 2.05) is 0 Å². The molecular weight excluding hydrogens is 196 g/mol. The molecule has 0 amide bonds. The summed E-state index contributed by atoms with van der Waals surface area (Å²) >= 11 is 0. The second-order valence-corrected chi connectivity index (χ2v) is 5.46. The number of rotatable bonds is 2. The van der Waals surface area contributed by atoms with Crippen molar-refractivity contribution in [2.45, 2.75) is 37.6 Å². The van der Waals surface area contributed by atoms with Gasteiger partial charge >= 0.3 is 0 Å². The molecule has 0 saturated heterocycles. The Morgan fingerprint density at radius 3 is 2.75 bits per heavy atom. The predicted molar refractivity (Wildman–Crippen MR) is 68.0 cm³/mol. The Balaban J connectivity index is 2.00. The average Bonchev–Trinajstić information content (AvgIpc) is 3.00. The van der Waals surface area contributed by atoms with Crippen LogP contribution in [0.1, 0.15) is 30.9 Å². The number of likely N-dealkylation sites (N-methyl/N-ethyl adjacent to an activating group) is 1. The van der Waals surface area contributed by atoms with Crippen molar-refractivity contribution in [3.8, 4) is 0 Å². The van der Waals surface area contributed by atoms with Gasteiger partial charge in [0.1, 0.15) is 0 Å². The molecule has 1 aromatic rings. The molecule has 0 radical (unpaired) electrons. The summed E-state index contributed by atoms with van der Waals surface area (Å²) in [6, 6.07) is 7.25. The second kappa shape index (κ2) is 3.24. The van der Waals surface area contributed by atoms with Crippen LogP contribution in [0.25, 0.3) is 0 Å². The van der Waals surface area contributed by atoms with E-state index in [9.17, 15) is 0 Å². The minimum atomic E-state index is 0.282. The fourth-order valence-corrected chi connectivity index (χ4v) is 3.02. The van der Waals surface area contributed by atoms with E-state index >= 15 is 0 Å². The van der Waals surface area contributed by atoms with Gasteiger partial charge in [0.05, 0.1) is 0 Å². The lowest BCUT2D eigenvalue weighted by Gasteiger charge is -2.21. The molecule has 2 aliphatic rings. The number of anilines is 1. The molecule has 2 nitrogen and oxygen atoms in total. The van der Waals surface area contributed by atoms with Crippen molar-refractivity contribution in [1.82, 2.24) is 0 Å². The van der Waals surface area contributed by atoms with Gasteiger partial charge in [-0.15, -0.1) is 0 Å². The highest BCUT2D eigenvalue weighted by molar-refractivity contribution is 5.59. The Hall–Kier alpha value is -1.02. The molecule has 16 heavy (non-hydrogen) atoms. The van der Waals surface area contributed by atoms with Crippen LogP contribution in [0.2, 0.25) is 0 Å². The van der Waals surface area contributed by atoms with Gasteiger partial charge in [-0.1, -0.05) is 12.1 Å². The van der Waals surface area contributed by atoms with Crippen LogP contribution in [-0.4, -0.2) is 19.6 Å². The van der Waals surface area contributed by atoms with Gasteiger partial charge in [-0.25, -0.2) is 0 Å². The van der Waals surface area contributed by atoms with Gasteiger partial charge in [0, 0.05) is 30.7 Å². The van der Waals surface area contributed by atoms with E-state index < -0.39 is 0 Å². The van der Waals surface area contributed by atoms with Gasteiger partial charge in [0.25, 0.3) is 0 Å². The van der Waals surface area contributed by atoms with Crippen molar-refractivity contribution < 1.29 is 0 Å².